The van der Waals surface area contributed by atoms with Crippen molar-refractivity contribution >= 4 is 0 Å². The Balaban J connectivity index is 2.08. The molecule has 1 atom stereocenters. The number of rotatable bonds is 2. The van der Waals surface area contributed by atoms with Crippen LogP contribution >= 0.6 is 0 Å². The van der Waals surface area contributed by atoms with E-state index >= 15 is 0 Å². The quantitative estimate of drug-likeness (QED) is 0.564. The molecule has 54 valence electrons. The van der Waals surface area contributed by atoms with Crippen LogP contribution in [0.2, 0.25) is 0 Å². The van der Waals surface area contributed by atoms with Gasteiger partial charge in [0.25, 0.3) is 0 Å². The maximum Gasteiger partial charge on any atom is 0.157 e. The molecule has 1 saturated heterocycles. The topological polar surface area (TPSA) is 18.5 Å². The highest BCUT2D eigenvalue weighted by molar-refractivity contribution is 4.52. The maximum absolute atomic E-state index is 5.30. The highest BCUT2D eigenvalue weighted by atomic mass is 16.7. The van der Waals surface area contributed by atoms with Crippen LogP contribution in [-0.4, -0.2) is 19.5 Å². The molecule has 0 aromatic carbocycles. The Bertz CT molecular complexity index is 64.6. The van der Waals surface area contributed by atoms with E-state index in [1.54, 1.807) is 0 Å². The van der Waals surface area contributed by atoms with Gasteiger partial charge in [-0.1, -0.05) is 0 Å². The molecule has 1 fully saturated rings. The molecule has 0 bridgehead atoms. The molecule has 0 N–H and O–H groups in total. The molecule has 0 saturated carbocycles. The van der Waals surface area contributed by atoms with Gasteiger partial charge in [-0.2, -0.15) is 0 Å². The van der Waals surface area contributed by atoms with Crippen molar-refractivity contribution in [3.05, 3.63) is 0 Å². The molecule has 0 unspecified atom stereocenters. The third kappa shape index (κ3) is 2.33. The fourth-order valence-corrected chi connectivity index (χ4v) is 1.03. The van der Waals surface area contributed by atoms with E-state index in [9.17, 15) is 0 Å². The molecule has 1 rings (SSSR count). The van der Waals surface area contributed by atoms with E-state index in [0.717, 1.165) is 19.6 Å². The molecule has 0 aromatic rings. The Morgan fingerprint density at radius 3 is 3.00 bits per heavy atom. The molecule has 0 aliphatic carbocycles. The second-order valence-electron chi connectivity index (χ2n) is 2.25. The van der Waals surface area contributed by atoms with Crippen LogP contribution in [0.25, 0.3) is 0 Å². The van der Waals surface area contributed by atoms with Crippen LogP contribution in [0.4, 0.5) is 0 Å². The first-order valence-corrected chi connectivity index (χ1v) is 3.66. The minimum atomic E-state index is 0.101. The summed E-state index contributed by atoms with van der Waals surface area (Å²) in [6.45, 7) is 3.65. The Morgan fingerprint density at radius 2 is 2.44 bits per heavy atom. The molecule has 1 aliphatic heterocycles. The van der Waals surface area contributed by atoms with E-state index in [1.165, 1.54) is 12.8 Å². The van der Waals surface area contributed by atoms with Crippen LogP contribution in [0.1, 0.15) is 26.2 Å². The van der Waals surface area contributed by atoms with Gasteiger partial charge in [-0.05, 0) is 26.2 Å². The Labute approximate surface area is 56.2 Å². The average molecular weight is 130 g/mol. The van der Waals surface area contributed by atoms with Crippen molar-refractivity contribution < 1.29 is 9.47 Å². The Hall–Kier alpha value is -0.0800. The zero-order valence-electron chi connectivity index (χ0n) is 5.93. The fraction of sp³-hybridized carbons (Fsp3) is 1.00. The third-order valence-electron chi connectivity index (χ3n) is 1.49. The first-order chi connectivity index (χ1) is 4.43. The van der Waals surface area contributed by atoms with Gasteiger partial charge in [0.05, 0.1) is 0 Å². The van der Waals surface area contributed by atoms with Gasteiger partial charge in [-0.15, -0.1) is 0 Å². The molecule has 0 aromatic heterocycles. The van der Waals surface area contributed by atoms with Crippen molar-refractivity contribution in [2.24, 2.45) is 0 Å². The molecule has 1 aliphatic rings. The summed E-state index contributed by atoms with van der Waals surface area (Å²) in [6.07, 6.45) is 3.63. The van der Waals surface area contributed by atoms with E-state index in [4.69, 9.17) is 9.47 Å². The minimum absolute atomic E-state index is 0.101. The highest BCUT2D eigenvalue weighted by Crippen LogP contribution is 2.12. The summed E-state index contributed by atoms with van der Waals surface area (Å²) < 4.78 is 10.6. The smallest absolute Gasteiger partial charge is 0.157 e. The van der Waals surface area contributed by atoms with E-state index in [0.29, 0.717) is 0 Å². The molecule has 1 heterocycles. The maximum atomic E-state index is 5.30. The lowest BCUT2D eigenvalue weighted by molar-refractivity contribution is -0.159. The van der Waals surface area contributed by atoms with E-state index in [1.807, 2.05) is 6.92 Å². The van der Waals surface area contributed by atoms with Crippen LogP contribution in [0.3, 0.4) is 0 Å². The second kappa shape index (κ2) is 3.85. The van der Waals surface area contributed by atoms with Gasteiger partial charge in [0.15, 0.2) is 6.29 Å². The van der Waals surface area contributed by atoms with Crippen LogP contribution in [0.15, 0.2) is 0 Å². The van der Waals surface area contributed by atoms with Crippen LogP contribution in [-0.2, 0) is 9.47 Å². The van der Waals surface area contributed by atoms with Gasteiger partial charge in [0.1, 0.15) is 0 Å². The van der Waals surface area contributed by atoms with Crippen LogP contribution in [0.5, 0.6) is 0 Å². The van der Waals surface area contributed by atoms with Gasteiger partial charge >= 0.3 is 0 Å². The molecular weight excluding hydrogens is 116 g/mol. The minimum Gasteiger partial charge on any atom is -0.353 e. The van der Waals surface area contributed by atoms with E-state index in [2.05, 4.69) is 0 Å². The summed E-state index contributed by atoms with van der Waals surface area (Å²) in [5, 5.41) is 0. The van der Waals surface area contributed by atoms with Crippen molar-refractivity contribution in [1.82, 2.24) is 0 Å². The summed E-state index contributed by atoms with van der Waals surface area (Å²) in [5.74, 6) is 0. The van der Waals surface area contributed by atoms with Crippen molar-refractivity contribution in [3.8, 4) is 0 Å². The lowest BCUT2D eigenvalue weighted by Gasteiger charge is -2.21. The van der Waals surface area contributed by atoms with Crippen molar-refractivity contribution in [2.75, 3.05) is 13.2 Å². The monoisotopic (exact) mass is 130 g/mol. The summed E-state index contributed by atoms with van der Waals surface area (Å²) in [7, 11) is 0. The summed E-state index contributed by atoms with van der Waals surface area (Å²) in [6, 6.07) is 0. The predicted octanol–water partition coefficient (Wildman–Crippen LogP) is 1.55. The average Bonchev–Trinajstić information content (AvgIpc) is 1.91. The standard InChI is InChI=1S/C7H14O2/c1-2-8-7-5-3-4-6-9-7/h7H,2-6H2,1H3/t7-/m1/s1. The van der Waals surface area contributed by atoms with Crippen molar-refractivity contribution in [1.29, 1.82) is 0 Å². The third-order valence-corrected chi connectivity index (χ3v) is 1.49. The SMILES string of the molecule is CCO[C@H]1CCCCO1. The summed E-state index contributed by atoms with van der Waals surface area (Å²) in [5.41, 5.74) is 0. The molecular formula is C7H14O2. The zero-order valence-corrected chi connectivity index (χ0v) is 5.93. The number of hydrogen-bond donors (Lipinski definition) is 0. The second-order valence-corrected chi connectivity index (χ2v) is 2.25. The molecule has 0 radical (unpaired) electrons. The van der Waals surface area contributed by atoms with Crippen molar-refractivity contribution in [2.45, 2.75) is 32.5 Å². The van der Waals surface area contributed by atoms with Gasteiger partial charge in [0, 0.05) is 13.2 Å². The van der Waals surface area contributed by atoms with Crippen LogP contribution in [0, 0.1) is 0 Å². The largest absolute Gasteiger partial charge is 0.353 e. The zero-order chi connectivity index (χ0) is 6.53. The Morgan fingerprint density at radius 1 is 1.56 bits per heavy atom. The van der Waals surface area contributed by atoms with E-state index in [-0.39, 0.29) is 6.29 Å². The normalized spacial score (nSPS) is 28.3. The van der Waals surface area contributed by atoms with E-state index < -0.39 is 0 Å². The van der Waals surface area contributed by atoms with Gasteiger partial charge in [0.2, 0.25) is 0 Å². The molecule has 2 heteroatoms. The molecule has 0 spiro atoms. The number of ether oxygens (including phenoxy) is 2. The molecule has 0 amide bonds. The predicted molar refractivity (Wildman–Crippen MR) is 35.2 cm³/mol. The van der Waals surface area contributed by atoms with Crippen LogP contribution < -0.4 is 0 Å². The summed E-state index contributed by atoms with van der Waals surface area (Å²) >= 11 is 0. The van der Waals surface area contributed by atoms with Gasteiger partial charge in [-0.3, -0.25) is 0 Å². The lowest BCUT2D eigenvalue weighted by atomic mass is 10.2. The number of hydrogen-bond acceptors (Lipinski definition) is 2. The Kier molecular flexibility index (Phi) is 3.01. The lowest BCUT2D eigenvalue weighted by Crippen LogP contribution is -2.21. The first-order valence-electron chi connectivity index (χ1n) is 3.66. The first kappa shape index (κ1) is 7.03. The van der Waals surface area contributed by atoms with Gasteiger partial charge in [-0.25, -0.2) is 0 Å². The highest BCUT2D eigenvalue weighted by Gasteiger charge is 2.11. The fourth-order valence-electron chi connectivity index (χ4n) is 1.03. The van der Waals surface area contributed by atoms with Gasteiger partial charge < -0.3 is 9.47 Å². The molecule has 9 heavy (non-hydrogen) atoms. The van der Waals surface area contributed by atoms with Crippen molar-refractivity contribution in [3.63, 3.8) is 0 Å². The molecule has 2 nitrogen and oxygen atoms in total. The summed E-state index contributed by atoms with van der Waals surface area (Å²) in [4.78, 5) is 0.